The van der Waals surface area contributed by atoms with Gasteiger partial charge in [-0.3, -0.25) is 4.79 Å². The quantitative estimate of drug-likeness (QED) is 0.828. The molecule has 1 amide bonds. The van der Waals surface area contributed by atoms with Gasteiger partial charge in [-0.15, -0.1) is 0 Å². The summed E-state index contributed by atoms with van der Waals surface area (Å²) in [5.74, 6) is 0.0648. The molecule has 0 aliphatic carbocycles. The van der Waals surface area contributed by atoms with E-state index in [0.717, 1.165) is 17.8 Å². The van der Waals surface area contributed by atoms with Gasteiger partial charge in [-0.1, -0.05) is 0 Å². The van der Waals surface area contributed by atoms with Gasteiger partial charge < -0.3 is 9.47 Å². The molecule has 0 fully saturated rings. The van der Waals surface area contributed by atoms with E-state index in [0.29, 0.717) is 0 Å². The lowest BCUT2D eigenvalue weighted by atomic mass is 10.2. The van der Waals surface area contributed by atoms with E-state index in [-0.39, 0.29) is 5.91 Å². The van der Waals surface area contributed by atoms with E-state index in [1.165, 1.54) is 11.4 Å². The SMILES string of the molecule is CCN(C)C(=O)c1ccc(-n2c(C)ccc2C)cc1. The predicted octanol–water partition coefficient (Wildman–Crippen LogP) is 3.19. The Hall–Kier alpha value is -2.03. The summed E-state index contributed by atoms with van der Waals surface area (Å²) in [4.78, 5) is 13.7. The minimum atomic E-state index is 0.0648. The molecule has 3 heteroatoms. The van der Waals surface area contributed by atoms with E-state index in [1.54, 1.807) is 4.90 Å². The van der Waals surface area contributed by atoms with E-state index < -0.39 is 0 Å². The second-order valence-electron chi connectivity index (χ2n) is 4.82. The fourth-order valence-electron chi connectivity index (χ4n) is 2.19. The lowest BCUT2D eigenvalue weighted by molar-refractivity contribution is 0.0802. The van der Waals surface area contributed by atoms with Crippen molar-refractivity contribution >= 4 is 5.91 Å². The van der Waals surface area contributed by atoms with Crippen molar-refractivity contribution in [1.29, 1.82) is 0 Å². The lowest BCUT2D eigenvalue weighted by Crippen LogP contribution is -2.26. The van der Waals surface area contributed by atoms with Gasteiger partial charge in [0.15, 0.2) is 0 Å². The molecule has 0 bridgehead atoms. The Labute approximate surface area is 114 Å². The van der Waals surface area contributed by atoms with Gasteiger partial charge in [-0.05, 0) is 57.2 Å². The maximum absolute atomic E-state index is 12.0. The fourth-order valence-corrected chi connectivity index (χ4v) is 2.19. The van der Waals surface area contributed by atoms with E-state index >= 15 is 0 Å². The molecular weight excluding hydrogens is 236 g/mol. The van der Waals surface area contributed by atoms with Crippen LogP contribution in [0.25, 0.3) is 5.69 Å². The topological polar surface area (TPSA) is 25.2 Å². The van der Waals surface area contributed by atoms with E-state index in [1.807, 2.05) is 38.2 Å². The van der Waals surface area contributed by atoms with Crippen LogP contribution in [-0.4, -0.2) is 29.0 Å². The maximum atomic E-state index is 12.0. The van der Waals surface area contributed by atoms with Crippen molar-refractivity contribution in [2.75, 3.05) is 13.6 Å². The standard InChI is InChI=1S/C16H20N2O/c1-5-17(4)16(19)14-8-10-15(11-9-14)18-12(2)6-7-13(18)3/h6-11H,5H2,1-4H3. The number of carbonyl (C=O) groups is 1. The second-order valence-corrected chi connectivity index (χ2v) is 4.82. The van der Waals surface area contributed by atoms with Crippen LogP contribution in [0.4, 0.5) is 0 Å². The molecule has 2 aromatic rings. The zero-order valence-electron chi connectivity index (χ0n) is 12.0. The summed E-state index contributed by atoms with van der Waals surface area (Å²) in [6.45, 7) is 6.85. The van der Waals surface area contributed by atoms with Gasteiger partial charge in [0.2, 0.25) is 0 Å². The first-order valence-corrected chi connectivity index (χ1v) is 6.55. The minimum absolute atomic E-state index is 0.0648. The summed E-state index contributed by atoms with van der Waals surface area (Å²) < 4.78 is 2.18. The van der Waals surface area contributed by atoms with Crippen molar-refractivity contribution in [2.24, 2.45) is 0 Å². The normalized spacial score (nSPS) is 10.5. The molecule has 0 saturated heterocycles. The molecule has 100 valence electrons. The average Bonchev–Trinajstić information content (AvgIpc) is 2.77. The lowest BCUT2D eigenvalue weighted by Gasteiger charge is -2.15. The summed E-state index contributed by atoms with van der Waals surface area (Å²) in [5, 5.41) is 0. The zero-order valence-corrected chi connectivity index (χ0v) is 12.0. The highest BCUT2D eigenvalue weighted by Gasteiger charge is 2.10. The molecule has 0 aliphatic rings. The third kappa shape index (κ3) is 2.55. The second kappa shape index (κ2) is 5.31. The van der Waals surface area contributed by atoms with Crippen molar-refractivity contribution in [3.8, 4) is 5.69 Å². The van der Waals surface area contributed by atoms with Gasteiger partial charge in [0.05, 0.1) is 0 Å². The Morgan fingerprint density at radius 1 is 1.05 bits per heavy atom. The van der Waals surface area contributed by atoms with Crippen LogP contribution >= 0.6 is 0 Å². The summed E-state index contributed by atoms with van der Waals surface area (Å²) >= 11 is 0. The number of aromatic nitrogens is 1. The molecule has 0 N–H and O–H groups in total. The minimum Gasteiger partial charge on any atom is -0.342 e. The monoisotopic (exact) mass is 256 g/mol. The number of nitrogens with zero attached hydrogens (tertiary/aromatic N) is 2. The van der Waals surface area contributed by atoms with E-state index in [9.17, 15) is 4.79 Å². The smallest absolute Gasteiger partial charge is 0.253 e. The molecule has 19 heavy (non-hydrogen) atoms. The largest absolute Gasteiger partial charge is 0.342 e. The Balaban J connectivity index is 2.31. The molecule has 1 aromatic heterocycles. The number of amides is 1. The van der Waals surface area contributed by atoms with Crippen molar-refractivity contribution < 1.29 is 4.79 Å². The molecule has 3 nitrogen and oxygen atoms in total. The molecule has 0 spiro atoms. The molecule has 0 unspecified atom stereocenters. The zero-order chi connectivity index (χ0) is 14.0. The van der Waals surface area contributed by atoms with Gasteiger partial charge >= 0.3 is 0 Å². The molecule has 0 aliphatic heterocycles. The van der Waals surface area contributed by atoms with Gasteiger partial charge in [0.1, 0.15) is 0 Å². The van der Waals surface area contributed by atoms with Crippen LogP contribution in [-0.2, 0) is 0 Å². The van der Waals surface area contributed by atoms with Crippen molar-refractivity contribution in [2.45, 2.75) is 20.8 Å². The predicted molar refractivity (Wildman–Crippen MR) is 77.9 cm³/mol. The first-order chi connectivity index (χ1) is 9.04. The summed E-state index contributed by atoms with van der Waals surface area (Å²) in [5.41, 5.74) is 4.22. The molecule has 0 saturated carbocycles. The summed E-state index contributed by atoms with van der Waals surface area (Å²) in [6, 6.07) is 12.0. The van der Waals surface area contributed by atoms with Crippen LogP contribution < -0.4 is 0 Å². The summed E-state index contributed by atoms with van der Waals surface area (Å²) in [7, 11) is 1.82. The highest BCUT2D eigenvalue weighted by molar-refractivity contribution is 5.94. The van der Waals surface area contributed by atoms with Gasteiger partial charge in [0.25, 0.3) is 5.91 Å². The molecule has 1 aromatic carbocycles. The van der Waals surface area contributed by atoms with E-state index in [4.69, 9.17) is 0 Å². The Bertz CT molecular complexity index is 562. The van der Waals surface area contributed by atoms with Gasteiger partial charge in [-0.25, -0.2) is 0 Å². The Morgan fingerprint density at radius 3 is 2.05 bits per heavy atom. The average molecular weight is 256 g/mol. The van der Waals surface area contributed by atoms with Crippen LogP contribution in [0.5, 0.6) is 0 Å². The van der Waals surface area contributed by atoms with Crippen LogP contribution in [0.2, 0.25) is 0 Å². The first kappa shape index (κ1) is 13.4. The van der Waals surface area contributed by atoms with Crippen molar-refractivity contribution in [3.05, 3.63) is 53.3 Å². The maximum Gasteiger partial charge on any atom is 0.253 e. The van der Waals surface area contributed by atoms with Crippen LogP contribution in [0.1, 0.15) is 28.7 Å². The highest BCUT2D eigenvalue weighted by atomic mass is 16.2. The fraction of sp³-hybridized carbons (Fsp3) is 0.312. The molecule has 1 heterocycles. The number of benzene rings is 1. The summed E-state index contributed by atoms with van der Waals surface area (Å²) in [6.07, 6.45) is 0. The van der Waals surface area contributed by atoms with Crippen molar-refractivity contribution in [1.82, 2.24) is 9.47 Å². The van der Waals surface area contributed by atoms with E-state index in [2.05, 4.69) is 30.5 Å². The highest BCUT2D eigenvalue weighted by Crippen LogP contribution is 2.17. The molecule has 2 rings (SSSR count). The molecule has 0 radical (unpaired) electrons. The van der Waals surface area contributed by atoms with Crippen LogP contribution in [0, 0.1) is 13.8 Å². The number of aryl methyl sites for hydroxylation is 2. The van der Waals surface area contributed by atoms with Gasteiger partial charge in [-0.2, -0.15) is 0 Å². The molecule has 0 atom stereocenters. The van der Waals surface area contributed by atoms with Gasteiger partial charge in [0, 0.05) is 36.2 Å². The Morgan fingerprint density at radius 2 is 1.58 bits per heavy atom. The van der Waals surface area contributed by atoms with Crippen LogP contribution in [0.15, 0.2) is 36.4 Å². The number of rotatable bonds is 3. The Kier molecular flexibility index (Phi) is 3.74. The third-order valence-electron chi connectivity index (χ3n) is 3.46. The third-order valence-corrected chi connectivity index (χ3v) is 3.46. The number of hydrogen-bond donors (Lipinski definition) is 0. The number of hydrogen-bond acceptors (Lipinski definition) is 1. The number of carbonyl (C=O) groups excluding carboxylic acids is 1. The van der Waals surface area contributed by atoms with Crippen LogP contribution in [0.3, 0.4) is 0 Å². The van der Waals surface area contributed by atoms with Crippen molar-refractivity contribution in [3.63, 3.8) is 0 Å². The first-order valence-electron chi connectivity index (χ1n) is 6.55. The molecular formula is C16H20N2O.